The van der Waals surface area contributed by atoms with Gasteiger partial charge in [-0.2, -0.15) is 17.2 Å². The highest BCUT2D eigenvalue weighted by Crippen LogP contribution is 2.19. The van der Waals surface area contributed by atoms with Gasteiger partial charge in [-0.1, -0.05) is 3.89 Å². The molecule has 0 atom stereocenters. The Kier molecular flexibility index (Phi) is 1.85. The zero-order valence-corrected chi connectivity index (χ0v) is 4.58. The van der Waals surface area contributed by atoms with Crippen LogP contribution in [0.3, 0.4) is 0 Å². The Morgan fingerprint density at radius 3 is 1.67 bits per heavy atom. The van der Waals surface area contributed by atoms with Gasteiger partial charge in [-0.25, -0.2) is 0 Å². The van der Waals surface area contributed by atoms with Crippen LogP contribution in [0.5, 0.6) is 0 Å². The number of alkyl halides is 2. The monoisotopic (exact) mass is 161 g/mol. The predicted molar refractivity (Wildman–Crippen MR) is 20.7 cm³/mol. The molecule has 3 nitrogen and oxygen atoms in total. The smallest absolute Gasteiger partial charge is 0.282 e. The molecular formula is C2F3O3S. The average molecular weight is 161 g/mol. The number of halogens is 3. The van der Waals surface area contributed by atoms with Crippen molar-refractivity contribution in [3.8, 4) is 0 Å². The van der Waals surface area contributed by atoms with Crippen LogP contribution in [0.15, 0.2) is 0 Å². The zero-order valence-electron chi connectivity index (χ0n) is 3.77. The van der Waals surface area contributed by atoms with Crippen LogP contribution in [0, 0.1) is 0 Å². The van der Waals surface area contributed by atoms with E-state index in [0.29, 0.717) is 0 Å². The molecule has 0 saturated heterocycles. The summed E-state index contributed by atoms with van der Waals surface area (Å²) in [5, 5.41) is -5.02. The Hall–Kier alpha value is -0.590. The minimum atomic E-state index is -6.11. The van der Waals surface area contributed by atoms with E-state index in [1.807, 2.05) is 0 Å². The highest BCUT2D eigenvalue weighted by molar-refractivity contribution is 7.88. The number of hydrogen-bond donors (Lipinski definition) is 0. The van der Waals surface area contributed by atoms with Gasteiger partial charge in [0.05, 0.1) is 0 Å². The Morgan fingerprint density at radius 1 is 1.33 bits per heavy atom. The van der Waals surface area contributed by atoms with Crippen LogP contribution < -0.4 is 0 Å². The third kappa shape index (κ3) is 1.67. The minimum Gasteiger partial charge on any atom is -0.282 e. The maximum atomic E-state index is 11.3. The van der Waals surface area contributed by atoms with Gasteiger partial charge in [-0.3, -0.25) is 4.79 Å². The Morgan fingerprint density at radius 2 is 1.67 bits per heavy atom. The van der Waals surface area contributed by atoms with Crippen molar-refractivity contribution in [2.24, 2.45) is 0 Å². The lowest BCUT2D eigenvalue weighted by Crippen LogP contribution is -2.26. The first-order valence-corrected chi connectivity index (χ1v) is 2.91. The second kappa shape index (κ2) is 1.98. The van der Waals surface area contributed by atoms with E-state index in [1.54, 1.807) is 0 Å². The molecule has 0 aliphatic rings. The highest BCUT2D eigenvalue weighted by atomic mass is 32.3. The Bertz CT molecular complexity index is 205. The summed E-state index contributed by atoms with van der Waals surface area (Å²) < 4.78 is 52.1. The third-order valence-electron chi connectivity index (χ3n) is 0.425. The predicted octanol–water partition coefficient (Wildman–Crippen LogP) is -0.0118. The van der Waals surface area contributed by atoms with E-state index in [1.165, 1.54) is 0 Å². The molecule has 0 spiro atoms. The molecule has 0 aliphatic carbocycles. The second-order valence-electron chi connectivity index (χ2n) is 1.06. The van der Waals surface area contributed by atoms with Crippen LogP contribution in [0.1, 0.15) is 0 Å². The van der Waals surface area contributed by atoms with E-state index in [-0.39, 0.29) is 6.29 Å². The highest BCUT2D eigenvalue weighted by Gasteiger charge is 2.46. The molecule has 53 valence electrons. The first kappa shape index (κ1) is 8.41. The second-order valence-corrected chi connectivity index (χ2v) is 2.45. The van der Waals surface area contributed by atoms with Gasteiger partial charge in [0.2, 0.25) is 0 Å². The average Bonchev–Trinajstić information content (AvgIpc) is 1.64. The number of carbonyl (C=O) groups excluding carboxylic acids is 1. The van der Waals surface area contributed by atoms with Crippen molar-refractivity contribution in [1.29, 1.82) is 0 Å². The summed E-state index contributed by atoms with van der Waals surface area (Å²) in [7, 11) is -6.11. The summed E-state index contributed by atoms with van der Waals surface area (Å²) in [6.45, 7) is 0. The maximum Gasteiger partial charge on any atom is 0.438 e. The fraction of sp³-hybridized carbons (Fsp3) is 0.500. The van der Waals surface area contributed by atoms with Crippen LogP contribution in [0.4, 0.5) is 12.7 Å². The normalized spacial score (nSPS) is 13.2. The largest absolute Gasteiger partial charge is 0.438 e. The quantitative estimate of drug-likeness (QED) is 0.535. The summed E-state index contributed by atoms with van der Waals surface area (Å²) in [4.78, 5) is 8.98. The van der Waals surface area contributed by atoms with Crippen molar-refractivity contribution in [1.82, 2.24) is 0 Å². The molecule has 0 heterocycles. The van der Waals surface area contributed by atoms with E-state index in [2.05, 4.69) is 0 Å². The van der Waals surface area contributed by atoms with Gasteiger partial charge in [0, 0.05) is 0 Å². The van der Waals surface area contributed by atoms with Gasteiger partial charge in [0.15, 0.2) is 0 Å². The summed E-state index contributed by atoms with van der Waals surface area (Å²) in [6, 6.07) is 0. The van der Waals surface area contributed by atoms with Gasteiger partial charge in [0.1, 0.15) is 0 Å². The Balaban J connectivity index is 4.77. The van der Waals surface area contributed by atoms with Crippen LogP contribution in [-0.2, 0) is 15.0 Å². The van der Waals surface area contributed by atoms with Gasteiger partial charge in [-0.05, 0) is 0 Å². The van der Waals surface area contributed by atoms with E-state index in [0.717, 1.165) is 0 Å². The van der Waals surface area contributed by atoms with Gasteiger partial charge < -0.3 is 0 Å². The summed E-state index contributed by atoms with van der Waals surface area (Å²) in [5.41, 5.74) is 0. The summed E-state index contributed by atoms with van der Waals surface area (Å²) in [6.07, 6.45) is -0.265. The van der Waals surface area contributed by atoms with Gasteiger partial charge in [0.25, 0.3) is 6.29 Å². The molecule has 1 radical (unpaired) electrons. The molecule has 0 N–H and O–H groups in total. The van der Waals surface area contributed by atoms with Crippen molar-refractivity contribution >= 4 is 16.5 Å². The maximum absolute atomic E-state index is 11.3. The molecule has 0 aromatic carbocycles. The van der Waals surface area contributed by atoms with Crippen LogP contribution in [0.25, 0.3) is 0 Å². The first-order valence-electron chi connectivity index (χ1n) is 1.52. The molecule has 0 aliphatic heterocycles. The van der Waals surface area contributed by atoms with Crippen LogP contribution in [-0.4, -0.2) is 20.0 Å². The third-order valence-corrected chi connectivity index (χ3v) is 1.12. The van der Waals surface area contributed by atoms with Crippen LogP contribution >= 0.6 is 0 Å². The molecule has 0 fully saturated rings. The molecule has 0 rings (SSSR count). The number of rotatable bonds is 2. The SMILES string of the molecule is O=[C]C(F)(F)S(=O)(=O)F. The standard InChI is InChI=1S/C2F3O3S/c3-2(4,1-6)9(5,7)8. The molecular weight excluding hydrogens is 161 g/mol. The zero-order chi connectivity index (χ0) is 7.71. The minimum absolute atomic E-state index is 0.265. The molecule has 0 amide bonds. The Labute approximate surface area is 48.7 Å². The van der Waals surface area contributed by atoms with Crippen LogP contribution in [0.2, 0.25) is 0 Å². The van der Waals surface area contributed by atoms with Crippen molar-refractivity contribution in [2.75, 3.05) is 0 Å². The molecule has 0 bridgehead atoms. The molecule has 0 saturated carbocycles. The molecule has 0 unspecified atom stereocenters. The van der Waals surface area contributed by atoms with Crippen molar-refractivity contribution in [2.45, 2.75) is 5.25 Å². The lowest BCUT2D eigenvalue weighted by atomic mass is 10.8. The first-order chi connectivity index (χ1) is 3.81. The molecule has 9 heavy (non-hydrogen) atoms. The van der Waals surface area contributed by atoms with E-state index in [4.69, 9.17) is 4.79 Å². The van der Waals surface area contributed by atoms with E-state index in [9.17, 15) is 21.1 Å². The van der Waals surface area contributed by atoms with Crippen molar-refractivity contribution < 1.29 is 25.9 Å². The van der Waals surface area contributed by atoms with Crippen molar-refractivity contribution in [3.63, 3.8) is 0 Å². The summed E-state index contributed by atoms with van der Waals surface area (Å²) in [5.74, 6) is 0. The van der Waals surface area contributed by atoms with Gasteiger partial charge in [-0.15, -0.1) is 0 Å². The van der Waals surface area contributed by atoms with E-state index < -0.39 is 15.5 Å². The van der Waals surface area contributed by atoms with Crippen molar-refractivity contribution in [3.05, 3.63) is 0 Å². The fourth-order valence-electron chi connectivity index (χ4n) is 0.0498. The lowest BCUT2D eigenvalue weighted by Gasteiger charge is -1.97. The van der Waals surface area contributed by atoms with E-state index >= 15 is 0 Å². The molecule has 7 heteroatoms. The molecule has 0 aromatic rings. The topological polar surface area (TPSA) is 51.2 Å². The summed E-state index contributed by atoms with van der Waals surface area (Å²) >= 11 is 0. The lowest BCUT2D eigenvalue weighted by molar-refractivity contribution is 0.156. The fourth-order valence-corrected chi connectivity index (χ4v) is 0.149. The van der Waals surface area contributed by atoms with Gasteiger partial charge >= 0.3 is 15.5 Å². The number of hydrogen-bond acceptors (Lipinski definition) is 3. The molecule has 0 aromatic heterocycles.